The van der Waals surface area contributed by atoms with Gasteiger partial charge in [0.25, 0.3) is 0 Å². The Balaban J connectivity index is 1.26. The predicted molar refractivity (Wildman–Crippen MR) is 106 cm³/mol. The molecule has 140 valence electrons. The molecule has 2 aromatic heterocycles. The highest BCUT2D eigenvalue weighted by Gasteiger charge is 2.05. The van der Waals surface area contributed by atoms with Gasteiger partial charge >= 0.3 is 6.03 Å². The molecule has 0 spiro atoms. The molecule has 0 saturated heterocycles. The number of hydrogen-bond acceptors (Lipinski definition) is 3. The number of nitrogens with zero attached hydrogens (tertiary/aromatic N) is 4. The fourth-order valence-electron chi connectivity index (χ4n) is 2.77. The van der Waals surface area contributed by atoms with Crippen molar-refractivity contribution in [1.29, 1.82) is 0 Å². The SMILES string of the molecule is O=C(NCc1cnn(-c2ccccc2)c1)NCc1cnn(-c2ccccc2)c1. The van der Waals surface area contributed by atoms with Gasteiger partial charge in [-0.15, -0.1) is 0 Å². The molecule has 28 heavy (non-hydrogen) atoms. The second kappa shape index (κ2) is 8.22. The molecule has 7 heteroatoms. The van der Waals surface area contributed by atoms with E-state index in [0.717, 1.165) is 22.5 Å². The highest BCUT2D eigenvalue weighted by molar-refractivity contribution is 5.73. The minimum atomic E-state index is -0.236. The molecule has 2 amide bonds. The quantitative estimate of drug-likeness (QED) is 0.546. The largest absolute Gasteiger partial charge is 0.334 e. The van der Waals surface area contributed by atoms with E-state index in [9.17, 15) is 4.79 Å². The van der Waals surface area contributed by atoms with E-state index < -0.39 is 0 Å². The summed E-state index contributed by atoms with van der Waals surface area (Å²) < 4.78 is 3.57. The predicted octanol–water partition coefficient (Wildman–Crippen LogP) is 3.06. The summed E-state index contributed by atoms with van der Waals surface area (Å²) in [6.45, 7) is 0.809. The summed E-state index contributed by atoms with van der Waals surface area (Å²) in [7, 11) is 0. The van der Waals surface area contributed by atoms with E-state index in [-0.39, 0.29) is 6.03 Å². The second-order valence-corrected chi connectivity index (χ2v) is 6.29. The Morgan fingerprint density at radius 1 is 0.714 bits per heavy atom. The standard InChI is InChI=1S/C21H20N6O/c28-21(22-11-17-13-24-26(15-17)19-7-3-1-4-8-19)23-12-18-14-25-27(16-18)20-9-5-2-6-10-20/h1-10,13-16H,11-12H2,(H2,22,23,28). The van der Waals surface area contributed by atoms with Crippen molar-refractivity contribution in [2.24, 2.45) is 0 Å². The molecule has 2 heterocycles. The molecule has 4 aromatic rings. The van der Waals surface area contributed by atoms with E-state index in [1.165, 1.54) is 0 Å². The number of hydrogen-bond donors (Lipinski definition) is 2. The zero-order valence-electron chi connectivity index (χ0n) is 15.2. The van der Waals surface area contributed by atoms with Gasteiger partial charge in [0.1, 0.15) is 0 Å². The first-order chi connectivity index (χ1) is 13.8. The van der Waals surface area contributed by atoms with Gasteiger partial charge in [0, 0.05) is 36.6 Å². The molecule has 0 unspecified atom stereocenters. The van der Waals surface area contributed by atoms with Crippen LogP contribution in [0.5, 0.6) is 0 Å². The Hall–Kier alpha value is -3.87. The minimum Gasteiger partial charge on any atom is -0.334 e. The zero-order valence-corrected chi connectivity index (χ0v) is 15.2. The molecule has 4 rings (SSSR count). The van der Waals surface area contributed by atoms with Crippen LogP contribution in [0, 0.1) is 0 Å². The number of urea groups is 1. The Morgan fingerprint density at radius 3 is 1.57 bits per heavy atom. The Labute approximate surface area is 162 Å². The van der Waals surface area contributed by atoms with Gasteiger partial charge in [0.15, 0.2) is 0 Å². The Bertz CT molecular complexity index is 955. The maximum Gasteiger partial charge on any atom is 0.315 e. The van der Waals surface area contributed by atoms with Gasteiger partial charge < -0.3 is 10.6 Å². The number of carbonyl (C=O) groups excluding carboxylic acids is 1. The third kappa shape index (κ3) is 4.27. The number of benzene rings is 2. The van der Waals surface area contributed by atoms with Crippen LogP contribution in [0.4, 0.5) is 4.79 Å². The number of aromatic nitrogens is 4. The number of para-hydroxylation sites is 2. The van der Waals surface area contributed by atoms with Crippen molar-refractivity contribution in [3.63, 3.8) is 0 Å². The van der Waals surface area contributed by atoms with Crippen LogP contribution in [0.15, 0.2) is 85.5 Å². The molecule has 0 radical (unpaired) electrons. The molecule has 0 aliphatic carbocycles. The van der Waals surface area contributed by atoms with Crippen LogP contribution in [0.25, 0.3) is 11.4 Å². The fraction of sp³-hybridized carbons (Fsp3) is 0.0952. The van der Waals surface area contributed by atoms with Gasteiger partial charge in [-0.2, -0.15) is 10.2 Å². The van der Waals surface area contributed by atoms with Crippen molar-refractivity contribution < 1.29 is 4.79 Å². The summed E-state index contributed by atoms with van der Waals surface area (Å²) in [6.07, 6.45) is 7.30. The number of rotatable bonds is 6. The third-order valence-electron chi connectivity index (χ3n) is 4.22. The minimum absolute atomic E-state index is 0.236. The number of nitrogens with one attached hydrogen (secondary N) is 2. The average molecular weight is 372 g/mol. The van der Waals surface area contributed by atoms with Gasteiger partial charge in [-0.1, -0.05) is 36.4 Å². The normalized spacial score (nSPS) is 10.6. The van der Waals surface area contributed by atoms with Crippen molar-refractivity contribution in [2.75, 3.05) is 0 Å². The monoisotopic (exact) mass is 372 g/mol. The average Bonchev–Trinajstić information content (AvgIpc) is 3.42. The molecule has 2 N–H and O–H groups in total. The van der Waals surface area contributed by atoms with E-state index in [1.54, 1.807) is 21.8 Å². The van der Waals surface area contributed by atoms with E-state index in [2.05, 4.69) is 20.8 Å². The van der Waals surface area contributed by atoms with Gasteiger partial charge in [-0.25, -0.2) is 14.2 Å². The van der Waals surface area contributed by atoms with E-state index in [1.807, 2.05) is 73.1 Å². The fourth-order valence-corrected chi connectivity index (χ4v) is 2.77. The highest BCUT2D eigenvalue weighted by atomic mass is 16.2. The van der Waals surface area contributed by atoms with Crippen molar-refractivity contribution in [2.45, 2.75) is 13.1 Å². The first-order valence-electron chi connectivity index (χ1n) is 8.97. The topological polar surface area (TPSA) is 76.8 Å². The van der Waals surface area contributed by atoms with Crippen LogP contribution in [0.2, 0.25) is 0 Å². The molecule has 0 saturated carbocycles. The highest BCUT2D eigenvalue weighted by Crippen LogP contribution is 2.08. The first-order valence-corrected chi connectivity index (χ1v) is 8.97. The van der Waals surface area contributed by atoms with Crippen LogP contribution >= 0.6 is 0 Å². The second-order valence-electron chi connectivity index (χ2n) is 6.29. The Morgan fingerprint density at radius 2 is 1.14 bits per heavy atom. The number of amides is 2. The summed E-state index contributed by atoms with van der Waals surface area (Å²) in [5.74, 6) is 0. The lowest BCUT2D eigenvalue weighted by molar-refractivity contribution is 0.240. The molecule has 0 atom stereocenters. The van der Waals surface area contributed by atoms with Crippen LogP contribution in [0.1, 0.15) is 11.1 Å². The maximum atomic E-state index is 12.1. The Kier molecular flexibility index (Phi) is 5.15. The van der Waals surface area contributed by atoms with Crippen molar-refractivity contribution in [3.05, 3.63) is 96.6 Å². The van der Waals surface area contributed by atoms with Crippen LogP contribution in [-0.4, -0.2) is 25.6 Å². The van der Waals surface area contributed by atoms with Gasteiger partial charge in [0.05, 0.1) is 23.8 Å². The molecule has 2 aromatic carbocycles. The lowest BCUT2D eigenvalue weighted by Gasteiger charge is -2.05. The lowest BCUT2D eigenvalue weighted by atomic mass is 10.3. The van der Waals surface area contributed by atoms with Gasteiger partial charge in [-0.05, 0) is 24.3 Å². The van der Waals surface area contributed by atoms with Crippen LogP contribution in [0.3, 0.4) is 0 Å². The zero-order chi connectivity index (χ0) is 19.2. The van der Waals surface area contributed by atoms with Gasteiger partial charge in [0.2, 0.25) is 0 Å². The lowest BCUT2D eigenvalue weighted by Crippen LogP contribution is -2.34. The molecule has 0 bridgehead atoms. The molecule has 0 aliphatic rings. The molecule has 0 aliphatic heterocycles. The molecule has 7 nitrogen and oxygen atoms in total. The van der Waals surface area contributed by atoms with Crippen molar-refractivity contribution in [3.8, 4) is 11.4 Å². The maximum absolute atomic E-state index is 12.1. The third-order valence-corrected chi connectivity index (χ3v) is 4.22. The van der Waals surface area contributed by atoms with Crippen LogP contribution in [-0.2, 0) is 13.1 Å². The summed E-state index contributed by atoms with van der Waals surface area (Å²) >= 11 is 0. The molecular formula is C21H20N6O. The van der Waals surface area contributed by atoms with E-state index >= 15 is 0 Å². The first kappa shape index (κ1) is 17.5. The molecular weight excluding hydrogens is 352 g/mol. The van der Waals surface area contributed by atoms with E-state index in [0.29, 0.717) is 13.1 Å². The van der Waals surface area contributed by atoms with E-state index in [4.69, 9.17) is 0 Å². The number of carbonyl (C=O) groups is 1. The summed E-state index contributed by atoms with van der Waals surface area (Å²) in [4.78, 5) is 12.1. The summed E-state index contributed by atoms with van der Waals surface area (Å²) in [5.41, 5.74) is 3.81. The smallest absolute Gasteiger partial charge is 0.315 e. The van der Waals surface area contributed by atoms with Gasteiger partial charge in [-0.3, -0.25) is 0 Å². The summed E-state index contributed by atoms with van der Waals surface area (Å²) in [5, 5.41) is 14.3. The van der Waals surface area contributed by atoms with Crippen molar-refractivity contribution >= 4 is 6.03 Å². The van der Waals surface area contributed by atoms with Crippen molar-refractivity contribution in [1.82, 2.24) is 30.2 Å². The summed E-state index contributed by atoms with van der Waals surface area (Å²) in [6, 6.07) is 19.4. The van der Waals surface area contributed by atoms with Crippen LogP contribution < -0.4 is 10.6 Å². The molecule has 0 fully saturated rings.